The largest absolute Gasteiger partial charge is 0.465 e. The summed E-state index contributed by atoms with van der Waals surface area (Å²) in [6, 6.07) is 13.0. The van der Waals surface area contributed by atoms with E-state index in [0.717, 1.165) is 12.8 Å². The number of methoxy groups -OCH3 is 1. The molecule has 0 atom stereocenters. The van der Waals surface area contributed by atoms with Crippen molar-refractivity contribution in [3.05, 3.63) is 65.9 Å². The Kier molecular flexibility index (Phi) is 4.97. The normalized spacial score (nSPS) is 14.9. The molecule has 0 aliphatic carbocycles. The Labute approximate surface area is 168 Å². The molecule has 2 aromatic carbocycles. The van der Waals surface area contributed by atoms with E-state index in [4.69, 9.17) is 4.74 Å². The standard InChI is InChI=1S/C21H20N2O5S/c1-28-21(25)18-14-23(19-10-3-2-9-17(18)19)20(24)15-7-6-8-16(13-15)29(26,27)22-11-4-5-12-22/h2-3,6-10,13-14H,4-5,11-12H2,1H3. The van der Waals surface area contributed by atoms with Crippen LogP contribution in [-0.2, 0) is 14.8 Å². The molecule has 29 heavy (non-hydrogen) atoms. The summed E-state index contributed by atoms with van der Waals surface area (Å²) in [5.41, 5.74) is 1.05. The summed E-state index contributed by atoms with van der Waals surface area (Å²) >= 11 is 0. The van der Waals surface area contributed by atoms with Gasteiger partial charge in [0.25, 0.3) is 5.91 Å². The summed E-state index contributed by atoms with van der Waals surface area (Å²) in [6.45, 7) is 0.983. The lowest BCUT2D eigenvalue weighted by Crippen LogP contribution is -2.28. The Morgan fingerprint density at radius 2 is 1.72 bits per heavy atom. The third kappa shape index (κ3) is 3.34. The van der Waals surface area contributed by atoms with Crippen molar-refractivity contribution in [1.82, 2.24) is 8.87 Å². The number of hydrogen-bond donors (Lipinski definition) is 0. The smallest absolute Gasteiger partial charge is 0.340 e. The molecular formula is C21H20N2O5S. The topological polar surface area (TPSA) is 85.7 Å². The van der Waals surface area contributed by atoms with Crippen molar-refractivity contribution >= 4 is 32.8 Å². The highest BCUT2D eigenvalue weighted by Crippen LogP contribution is 2.25. The number of benzene rings is 2. The molecular weight excluding hydrogens is 392 g/mol. The number of carbonyl (C=O) groups is 2. The van der Waals surface area contributed by atoms with Gasteiger partial charge in [-0.3, -0.25) is 9.36 Å². The summed E-state index contributed by atoms with van der Waals surface area (Å²) in [5, 5.41) is 0.591. The lowest BCUT2D eigenvalue weighted by Gasteiger charge is -2.16. The van der Waals surface area contributed by atoms with Crippen LogP contribution in [0.1, 0.15) is 33.6 Å². The molecule has 0 saturated carbocycles. The van der Waals surface area contributed by atoms with Gasteiger partial charge >= 0.3 is 5.97 Å². The minimum absolute atomic E-state index is 0.0925. The fourth-order valence-corrected chi connectivity index (χ4v) is 5.19. The predicted molar refractivity (Wildman–Crippen MR) is 107 cm³/mol. The molecule has 0 bridgehead atoms. The van der Waals surface area contributed by atoms with Gasteiger partial charge in [0.2, 0.25) is 10.0 Å². The van der Waals surface area contributed by atoms with Crippen LogP contribution in [0.15, 0.2) is 59.6 Å². The number of sulfonamides is 1. The first kappa shape index (κ1) is 19.4. The second-order valence-electron chi connectivity index (χ2n) is 6.87. The SMILES string of the molecule is COC(=O)c1cn(C(=O)c2cccc(S(=O)(=O)N3CCCC3)c2)c2ccccc12. The quantitative estimate of drug-likeness (QED) is 0.615. The van der Waals surface area contributed by atoms with E-state index in [9.17, 15) is 18.0 Å². The van der Waals surface area contributed by atoms with Crippen LogP contribution in [0.5, 0.6) is 0 Å². The number of carbonyl (C=O) groups excluding carboxylic acids is 2. The van der Waals surface area contributed by atoms with Crippen molar-refractivity contribution in [3.63, 3.8) is 0 Å². The molecule has 2 heterocycles. The van der Waals surface area contributed by atoms with Crippen molar-refractivity contribution in [3.8, 4) is 0 Å². The van der Waals surface area contributed by atoms with E-state index in [0.29, 0.717) is 24.0 Å². The van der Waals surface area contributed by atoms with E-state index in [1.165, 1.54) is 34.3 Å². The summed E-state index contributed by atoms with van der Waals surface area (Å²) in [4.78, 5) is 25.4. The van der Waals surface area contributed by atoms with Crippen molar-refractivity contribution in [2.75, 3.05) is 20.2 Å². The molecule has 0 N–H and O–H groups in total. The molecule has 0 amide bonds. The summed E-state index contributed by atoms with van der Waals surface area (Å²) in [6.07, 6.45) is 3.10. The second-order valence-corrected chi connectivity index (χ2v) is 8.80. The Hall–Kier alpha value is -2.97. The van der Waals surface area contributed by atoms with Crippen molar-refractivity contribution < 1.29 is 22.7 Å². The number of ether oxygens (including phenoxy) is 1. The highest BCUT2D eigenvalue weighted by molar-refractivity contribution is 7.89. The maximum atomic E-state index is 13.2. The van der Waals surface area contributed by atoms with Crippen LogP contribution in [-0.4, -0.2) is 49.4 Å². The average Bonchev–Trinajstić information content (AvgIpc) is 3.41. The molecule has 1 saturated heterocycles. The highest BCUT2D eigenvalue weighted by atomic mass is 32.2. The number of rotatable bonds is 4. The molecule has 1 fully saturated rings. The van der Waals surface area contributed by atoms with Gasteiger partial charge < -0.3 is 4.74 Å². The molecule has 0 spiro atoms. The number of aromatic nitrogens is 1. The minimum Gasteiger partial charge on any atom is -0.465 e. The average molecular weight is 412 g/mol. The van der Waals surface area contributed by atoms with Crippen molar-refractivity contribution in [2.45, 2.75) is 17.7 Å². The van der Waals surface area contributed by atoms with E-state index in [1.54, 1.807) is 36.4 Å². The van der Waals surface area contributed by atoms with Gasteiger partial charge in [-0.15, -0.1) is 0 Å². The molecule has 3 aromatic rings. The Morgan fingerprint density at radius 3 is 2.45 bits per heavy atom. The van der Waals surface area contributed by atoms with Gasteiger partial charge in [0.1, 0.15) is 0 Å². The molecule has 1 aliphatic rings. The zero-order chi connectivity index (χ0) is 20.6. The number of fused-ring (bicyclic) bond motifs is 1. The van der Waals surface area contributed by atoms with Gasteiger partial charge in [-0.25, -0.2) is 13.2 Å². The first-order chi connectivity index (χ1) is 13.9. The third-order valence-corrected chi connectivity index (χ3v) is 7.01. The van der Waals surface area contributed by atoms with E-state index in [2.05, 4.69) is 0 Å². The molecule has 150 valence electrons. The second kappa shape index (κ2) is 7.46. The van der Waals surface area contributed by atoms with Crippen LogP contribution < -0.4 is 0 Å². The van der Waals surface area contributed by atoms with Crippen LogP contribution in [0.3, 0.4) is 0 Å². The monoisotopic (exact) mass is 412 g/mol. The van der Waals surface area contributed by atoms with E-state index in [1.807, 2.05) is 0 Å². The molecule has 0 unspecified atom stereocenters. The van der Waals surface area contributed by atoms with Gasteiger partial charge in [0.05, 0.1) is 23.1 Å². The van der Waals surface area contributed by atoms with Gasteiger partial charge in [-0.2, -0.15) is 4.31 Å². The lowest BCUT2D eigenvalue weighted by atomic mass is 10.2. The predicted octanol–water partition coefficient (Wildman–Crippen LogP) is 2.90. The third-order valence-electron chi connectivity index (χ3n) is 5.12. The minimum atomic E-state index is -3.63. The fourth-order valence-electron chi connectivity index (χ4n) is 3.63. The summed E-state index contributed by atoms with van der Waals surface area (Å²) in [7, 11) is -2.35. The Balaban J connectivity index is 1.77. The number of para-hydroxylation sites is 1. The van der Waals surface area contributed by atoms with E-state index >= 15 is 0 Å². The van der Waals surface area contributed by atoms with Crippen LogP contribution in [0.2, 0.25) is 0 Å². The Morgan fingerprint density at radius 1 is 1.00 bits per heavy atom. The number of nitrogens with zero attached hydrogens (tertiary/aromatic N) is 2. The molecule has 4 rings (SSSR count). The first-order valence-corrected chi connectivity index (χ1v) is 10.7. The van der Waals surface area contributed by atoms with Gasteiger partial charge in [-0.05, 0) is 37.1 Å². The lowest BCUT2D eigenvalue weighted by molar-refractivity contribution is 0.0603. The van der Waals surface area contributed by atoms with Crippen molar-refractivity contribution in [2.24, 2.45) is 0 Å². The van der Waals surface area contributed by atoms with Gasteiger partial charge in [0, 0.05) is 30.2 Å². The zero-order valence-electron chi connectivity index (χ0n) is 15.9. The van der Waals surface area contributed by atoms with Crippen LogP contribution in [0.4, 0.5) is 0 Å². The summed E-state index contributed by atoms with van der Waals surface area (Å²) in [5.74, 6) is -0.965. The molecule has 7 nitrogen and oxygen atoms in total. The van der Waals surface area contributed by atoms with Crippen LogP contribution >= 0.6 is 0 Å². The number of hydrogen-bond acceptors (Lipinski definition) is 5. The molecule has 1 aliphatic heterocycles. The van der Waals surface area contributed by atoms with Crippen LogP contribution in [0, 0.1) is 0 Å². The summed E-state index contributed by atoms with van der Waals surface area (Å²) < 4.78 is 33.3. The molecule has 0 radical (unpaired) electrons. The first-order valence-electron chi connectivity index (χ1n) is 9.27. The maximum absolute atomic E-state index is 13.2. The fraction of sp³-hybridized carbons (Fsp3) is 0.238. The molecule has 8 heteroatoms. The molecule has 1 aromatic heterocycles. The van der Waals surface area contributed by atoms with Gasteiger partial charge in [0.15, 0.2) is 0 Å². The van der Waals surface area contributed by atoms with Gasteiger partial charge in [-0.1, -0.05) is 24.3 Å². The van der Waals surface area contributed by atoms with E-state index < -0.39 is 21.9 Å². The van der Waals surface area contributed by atoms with Crippen LogP contribution in [0.25, 0.3) is 10.9 Å². The Bertz CT molecular complexity index is 1210. The highest BCUT2D eigenvalue weighted by Gasteiger charge is 2.28. The van der Waals surface area contributed by atoms with Crippen molar-refractivity contribution in [1.29, 1.82) is 0 Å². The maximum Gasteiger partial charge on any atom is 0.340 e. The van der Waals surface area contributed by atoms with E-state index in [-0.39, 0.29) is 16.0 Å². The number of esters is 1. The zero-order valence-corrected chi connectivity index (χ0v) is 16.7.